The number of hydrogen-bond donors (Lipinski definition) is 0. The van der Waals surface area contributed by atoms with Gasteiger partial charge in [-0.15, -0.1) is 0 Å². The van der Waals surface area contributed by atoms with E-state index in [0.29, 0.717) is 28.0 Å². The number of rotatable bonds is 2. The molecule has 0 atom stereocenters. The number of benzene rings is 2. The highest BCUT2D eigenvalue weighted by Crippen LogP contribution is 2.35. The second-order valence-electron chi connectivity index (χ2n) is 5.83. The molecule has 2 aromatic heterocycles. The van der Waals surface area contributed by atoms with Crippen molar-refractivity contribution in [3.05, 3.63) is 66.5 Å². The van der Waals surface area contributed by atoms with Crippen LogP contribution < -0.4 is 0 Å². The summed E-state index contributed by atoms with van der Waals surface area (Å²) in [6.07, 6.45) is -2.91. The molecule has 0 unspecified atom stereocenters. The van der Waals surface area contributed by atoms with Crippen molar-refractivity contribution in [3.8, 4) is 22.5 Å². The average Bonchev–Trinajstić information content (AvgIpc) is 2.99. The van der Waals surface area contributed by atoms with Crippen molar-refractivity contribution in [3.63, 3.8) is 0 Å². The van der Waals surface area contributed by atoms with Crippen LogP contribution in [-0.2, 0) is 13.2 Å². The molecular formula is C19H13F3N4. The molecular weight excluding hydrogens is 341 g/mol. The standard InChI is InChI=1S/C19H13F3N4/c1-26-18-15(16(23-11-24-18)12-5-3-2-4-6-12)17(25-26)13-7-9-14(10-8-13)19(20,21)22/h2-11H,1H3. The molecule has 4 nitrogen and oxygen atoms in total. The Morgan fingerprint density at radius 1 is 0.808 bits per heavy atom. The summed E-state index contributed by atoms with van der Waals surface area (Å²) in [6.45, 7) is 0. The van der Waals surface area contributed by atoms with Crippen LogP contribution in [0.2, 0.25) is 0 Å². The van der Waals surface area contributed by atoms with Gasteiger partial charge in [0.25, 0.3) is 0 Å². The van der Waals surface area contributed by atoms with Gasteiger partial charge in [0.2, 0.25) is 0 Å². The van der Waals surface area contributed by atoms with Crippen molar-refractivity contribution in [2.75, 3.05) is 0 Å². The summed E-state index contributed by atoms with van der Waals surface area (Å²) in [7, 11) is 1.75. The lowest BCUT2D eigenvalue weighted by molar-refractivity contribution is -0.137. The molecule has 2 heterocycles. The summed E-state index contributed by atoms with van der Waals surface area (Å²) >= 11 is 0. The second kappa shape index (κ2) is 5.94. The highest BCUT2D eigenvalue weighted by molar-refractivity contribution is 6.00. The first-order valence-electron chi connectivity index (χ1n) is 7.86. The molecule has 7 heteroatoms. The first-order chi connectivity index (χ1) is 12.4. The van der Waals surface area contributed by atoms with Crippen LogP contribution in [0, 0.1) is 0 Å². The first kappa shape index (κ1) is 16.3. The van der Waals surface area contributed by atoms with Crippen LogP contribution in [0.1, 0.15) is 5.56 Å². The van der Waals surface area contributed by atoms with E-state index in [0.717, 1.165) is 17.7 Å². The van der Waals surface area contributed by atoms with Crippen LogP contribution in [0.5, 0.6) is 0 Å². The summed E-state index contributed by atoms with van der Waals surface area (Å²) in [5, 5.41) is 5.18. The highest BCUT2D eigenvalue weighted by Gasteiger charge is 2.30. The molecule has 0 aliphatic heterocycles. The Bertz CT molecular complexity index is 1070. The van der Waals surface area contributed by atoms with Crippen LogP contribution in [0.15, 0.2) is 60.9 Å². The lowest BCUT2D eigenvalue weighted by Crippen LogP contribution is -2.04. The predicted octanol–water partition coefficient (Wildman–Crippen LogP) is 4.72. The van der Waals surface area contributed by atoms with Crippen molar-refractivity contribution >= 4 is 11.0 Å². The van der Waals surface area contributed by atoms with E-state index in [1.807, 2.05) is 30.3 Å². The van der Waals surface area contributed by atoms with Gasteiger partial charge in [0.1, 0.15) is 12.0 Å². The van der Waals surface area contributed by atoms with Crippen LogP contribution in [-0.4, -0.2) is 19.7 Å². The van der Waals surface area contributed by atoms with Gasteiger partial charge < -0.3 is 0 Å². The molecule has 0 bridgehead atoms. The third-order valence-electron chi connectivity index (χ3n) is 4.15. The van der Waals surface area contributed by atoms with Crippen LogP contribution in [0.3, 0.4) is 0 Å². The number of nitrogens with zero attached hydrogens (tertiary/aromatic N) is 4. The minimum absolute atomic E-state index is 0.552. The third kappa shape index (κ3) is 2.71. The molecule has 0 spiro atoms. The van der Waals surface area contributed by atoms with Gasteiger partial charge in [-0.1, -0.05) is 42.5 Å². The van der Waals surface area contributed by atoms with E-state index in [1.165, 1.54) is 18.5 Å². The first-order valence-corrected chi connectivity index (χ1v) is 7.86. The van der Waals surface area contributed by atoms with E-state index in [2.05, 4.69) is 15.1 Å². The van der Waals surface area contributed by atoms with Crippen molar-refractivity contribution in [1.82, 2.24) is 19.7 Å². The maximum absolute atomic E-state index is 12.8. The van der Waals surface area contributed by atoms with E-state index >= 15 is 0 Å². The average molecular weight is 354 g/mol. The molecule has 0 saturated heterocycles. The predicted molar refractivity (Wildman–Crippen MR) is 92.2 cm³/mol. The number of aryl methyl sites for hydroxylation is 1. The van der Waals surface area contributed by atoms with Crippen molar-refractivity contribution in [2.24, 2.45) is 7.05 Å². The lowest BCUT2D eigenvalue weighted by atomic mass is 10.0. The fraction of sp³-hybridized carbons (Fsp3) is 0.105. The Morgan fingerprint density at radius 2 is 1.46 bits per heavy atom. The number of alkyl halides is 3. The molecule has 26 heavy (non-hydrogen) atoms. The largest absolute Gasteiger partial charge is 0.416 e. The van der Waals surface area contributed by atoms with E-state index in [9.17, 15) is 13.2 Å². The van der Waals surface area contributed by atoms with Gasteiger partial charge >= 0.3 is 6.18 Å². The third-order valence-corrected chi connectivity index (χ3v) is 4.15. The smallest absolute Gasteiger partial charge is 0.250 e. The zero-order valence-electron chi connectivity index (χ0n) is 13.7. The van der Waals surface area contributed by atoms with Crippen molar-refractivity contribution in [1.29, 1.82) is 0 Å². The maximum Gasteiger partial charge on any atom is 0.416 e. The number of aromatic nitrogens is 4. The molecule has 0 radical (unpaired) electrons. The molecule has 4 aromatic rings. The topological polar surface area (TPSA) is 43.6 Å². The number of halogens is 3. The summed E-state index contributed by atoms with van der Waals surface area (Å²) < 4.78 is 40.1. The molecule has 4 rings (SSSR count). The van der Waals surface area contributed by atoms with Gasteiger partial charge in [-0.3, -0.25) is 0 Å². The lowest BCUT2D eigenvalue weighted by Gasteiger charge is -2.07. The Kier molecular flexibility index (Phi) is 3.72. The summed E-state index contributed by atoms with van der Waals surface area (Å²) in [5.41, 5.74) is 2.64. The molecule has 0 saturated carbocycles. The fourth-order valence-electron chi connectivity index (χ4n) is 2.92. The summed E-state index contributed by atoms with van der Waals surface area (Å²) in [4.78, 5) is 8.67. The van der Waals surface area contributed by atoms with Crippen LogP contribution in [0.25, 0.3) is 33.5 Å². The Morgan fingerprint density at radius 3 is 2.12 bits per heavy atom. The fourth-order valence-corrected chi connectivity index (χ4v) is 2.92. The molecule has 0 aliphatic carbocycles. The number of hydrogen-bond acceptors (Lipinski definition) is 3. The zero-order chi connectivity index (χ0) is 18.3. The second-order valence-corrected chi connectivity index (χ2v) is 5.83. The molecule has 0 fully saturated rings. The normalized spacial score (nSPS) is 11.8. The van der Waals surface area contributed by atoms with E-state index < -0.39 is 11.7 Å². The van der Waals surface area contributed by atoms with Gasteiger partial charge in [-0.2, -0.15) is 18.3 Å². The zero-order valence-corrected chi connectivity index (χ0v) is 13.7. The molecule has 2 aromatic carbocycles. The highest BCUT2D eigenvalue weighted by atomic mass is 19.4. The van der Waals surface area contributed by atoms with Crippen molar-refractivity contribution < 1.29 is 13.2 Å². The molecule has 130 valence electrons. The van der Waals surface area contributed by atoms with E-state index in [1.54, 1.807) is 11.7 Å². The SMILES string of the molecule is Cn1nc(-c2ccc(C(F)(F)F)cc2)c2c(-c3ccccc3)ncnc21. The van der Waals surface area contributed by atoms with Crippen LogP contribution >= 0.6 is 0 Å². The minimum atomic E-state index is -4.37. The Labute approximate surface area is 147 Å². The Balaban J connectivity index is 1.94. The Hall–Kier alpha value is -3.22. The molecule has 0 amide bonds. The summed E-state index contributed by atoms with van der Waals surface area (Å²) in [6, 6.07) is 14.5. The van der Waals surface area contributed by atoms with Gasteiger partial charge in [0.05, 0.1) is 16.6 Å². The minimum Gasteiger partial charge on any atom is -0.250 e. The molecule has 0 aliphatic rings. The number of fused-ring (bicyclic) bond motifs is 1. The monoisotopic (exact) mass is 354 g/mol. The van der Waals surface area contributed by atoms with Gasteiger partial charge in [0.15, 0.2) is 5.65 Å². The van der Waals surface area contributed by atoms with Crippen molar-refractivity contribution in [2.45, 2.75) is 6.18 Å². The van der Waals surface area contributed by atoms with Gasteiger partial charge in [-0.05, 0) is 12.1 Å². The maximum atomic E-state index is 12.8. The van der Waals surface area contributed by atoms with Gasteiger partial charge in [0, 0.05) is 18.2 Å². The summed E-state index contributed by atoms with van der Waals surface area (Å²) in [5.74, 6) is 0. The van der Waals surface area contributed by atoms with E-state index in [-0.39, 0.29) is 0 Å². The van der Waals surface area contributed by atoms with E-state index in [4.69, 9.17) is 0 Å². The quantitative estimate of drug-likeness (QED) is 0.523. The van der Waals surface area contributed by atoms with Gasteiger partial charge in [-0.25, -0.2) is 14.6 Å². The van der Waals surface area contributed by atoms with Crippen LogP contribution in [0.4, 0.5) is 13.2 Å². The molecule has 0 N–H and O–H groups in total.